The maximum absolute atomic E-state index is 6.09. The third kappa shape index (κ3) is 2.14. The van der Waals surface area contributed by atoms with E-state index < -0.39 is 0 Å². The van der Waals surface area contributed by atoms with Crippen molar-refractivity contribution in [2.45, 2.75) is 6.92 Å². The minimum absolute atomic E-state index is 0.544. The molecule has 2 aromatic rings. The van der Waals surface area contributed by atoms with Crippen LogP contribution in [0.25, 0.3) is 11.4 Å². The van der Waals surface area contributed by atoms with Crippen LogP contribution in [0.1, 0.15) is 5.69 Å². The van der Waals surface area contributed by atoms with E-state index >= 15 is 0 Å². The number of aromatic nitrogens is 2. The maximum atomic E-state index is 6.09. The van der Waals surface area contributed by atoms with Gasteiger partial charge in [-0.15, -0.1) is 0 Å². The van der Waals surface area contributed by atoms with E-state index in [1.165, 1.54) is 0 Å². The summed E-state index contributed by atoms with van der Waals surface area (Å²) in [6.07, 6.45) is 0. The average Bonchev–Trinajstić information content (AvgIpc) is 2.28. The molecule has 0 atom stereocenters. The molecule has 82 valence electrons. The first kappa shape index (κ1) is 10.9. The molecular weight excluding hydrogens is 224 g/mol. The molecule has 0 spiro atoms. The molecule has 1 heterocycles. The van der Waals surface area contributed by atoms with E-state index in [2.05, 4.69) is 9.97 Å². The number of nitrogens with zero attached hydrogens (tertiary/aromatic N) is 2. The number of methoxy groups -OCH3 is 1. The van der Waals surface area contributed by atoms with Gasteiger partial charge in [-0.1, -0.05) is 23.7 Å². The zero-order chi connectivity index (χ0) is 11.5. The van der Waals surface area contributed by atoms with E-state index in [4.69, 9.17) is 16.3 Å². The standard InChI is InChI=1S/C12H11ClN2O/c1-8-7-11(16-2)15-12(14-8)9-5-3-4-6-10(9)13/h3-7H,1-2H3. The van der Waals surface area contributed by atoms with Crippen molar-refractivity contribution in [1.82, 2.24) is 9.97 Å². The average molecular weight is 235 g/mol. The van der Waals surface area contributed by atoms with Gasteiger partial charge in [0, 0.05) is 17.3 Å². The Balaban J connectivity index is 2.56. The van der Waals surface area contributed by atoms with E-state index in [1.54, 1.807) is 13.2 Å². The summed E-state index contributed by atoms with van der Waals surface area (Å²) in [6, 6.07) is 9.25. The SMILES string of the molecule is COc1cc(C)nc(-c2ccccc2Cl)n1. The highest BCUT2D eigenvalue weighted by Gasteiger charge is 2.08. The lowest BCUT2D eigenvalue weighted by atomic mass is 10.2. The van der Waals surface area contributed by atoms with Crippen LogP contribution in [0.5, 0.6) is 5.88 Å². The van der Waals surface area contributed by atoms with E-state index in [0.29, 0.717) is 16.7 Å². The van der Waals surface area contributed by atoms with Gasteiger partial charge in [0.25, 0.3) is 0 Å². The first-order valence-electron chi connectivity index (χ1n) is 4.85. The van der Waals surface area contributed by atoms with Gasteiger partial charge in [0.05, 0.1) is 12.1 Å². The van der Waals surface area contributed by atoms with E-state index in [1.807, 2.05) is 31.2 Å². The number of aryl methyl sites for hydroxylation is 1. The summed E-state index contributed by atoms with van der Waals surface area (Å²) in [7, 11) is 1.58. The van der Waals surface area contributed by atoms with Crippen LogP contribution in [0.3, 0.4) is 0 Å². The number of ether oxygens (including phenoxy) is 1. The summed E-state index contributed by atoms with van der Waals surface area (Å²) in [5, 5.41) is 0.634. The second-order valence-corrected chi connectivity index (χ2v) is 3.76. The van der Waals surface area contributed by atoms with Gasteiger partial charge >= 0.3 is 0 Å². The Kier molecular flexibility index (Phi) is 3.06. The van der Waals surface area contributed by atoms with Gasteiger partial charge in [-0.25, -0.2) is 4.98 Å². The molecule has 0 unspecified atom stereocenters. The van der Waals surface area contributed by atoms with Crippen molar-refractivity contribution in [3.8, 4) is 17.3 Å². The summed E-state index contributed by atoms with van der Waals surface area (Å²) in [5.74, 6) is 1.13. The smallest absolute Gasteiger partial charge is 0.216 e. The molecule has 3 nitrogen and oxygen atoms in total. The fourth-order valence-electron chi connectivity index (χ4n) is 1.41. The summed E-state index contributed by atoms with van der Waals surface area (Å²) in [4.78, 5) is 8.60. The highest BCUT2D eigenvalue weighted by molar-refractivity contribution is 6.33. The first-order valence-corrected chi connectivity index (χ1v) is 5.23. The topological polar surface area (TPSA) is 35.0 Å². The third-order valence-electron chi connectivity index (χ3n) is 2.15. The number of benzene rings is 1. The molecule has 0 saturated heterocycles. The quantitative estimate of drug-likeness (QED) is 0.801. The summed E-state index contributed by atoms with van der Waals surface area (Å²) in [5.41, 5.74) is 1.66. The van der Waals surface area contributed by atoms with Gasteiger partial charge in [0.15, 0.2) is 5.82 Å². The first-order chi connectivity index (χ1) is 7.70. The largest absolute Gasteiger partial charge is 0.481 e. The highest BCUT2D eigenvalue weighted by Crippen LogP contribution is 2.26. The summed E-state index contributed by atoms with van der Waals surface area (Å²) >= 11 is 6.09. The van der Waals surface area contributed by atoms with Crippen LogP contribution >= 0.6 is 11.6 Å². The second-order valence-electron chi connectivity index (χ2n) is 3.36. The zero-order valence-corrected chi connectivity index (χ0v) is 9.82. The van der Waals surface area contributed by atoms with Crippen molar-refractivity contribution in [3.05, 3.63) is 41.0 Å². The number of halogens is 1. The van der Waals surface area contributed by atoms with Crippen LogP contribution in [-0.2, 0) is 0 Å². The number of hydrogen-bond acceptors (Lipinski definition) is 3. The fraction of sp³-hybridized carbons (Fsp3) is 0.167. The van der Waals surface area contributed by atoms with Gasteiger partial charge < -0.3 is 4.74 Å². The summed E-state index contributed by atoms with van der Waals surface area (Å²) < 4.78 is 5.10. The van der Waals surface area contributed by atoms with Gasteiger partial charge in [-0.2, -0.15) is 4.98 Å². The molecule has 0 N–H and O–H groups in total. The second kappa shape index (κ2) is 4.49. The van der Waals surface area contributed by atoms with Crippen LogP contribution in [0.4, 0.5) is 0 Å². The Labute approximate surface area is 99.1 Å². The molecule has 0 aliphatic rings. The van der Waals surface area contributed by atoms with Crippen LogP contribution in [0.15, 0.2) is 30.3 Å². The molecule has 0 amide bonds. The Bertz CT molecular complexity index is 514. The zero-order valence-electron chi connectivity index (χ0n) is 9.07. The van der Waals surface area contributed by atoms with E-state index in [0.717, 1.165) is 11.3 Å². The van der Waals surface area contributed by atoms with Gasteiger partial charge in [0.1, 0.15) is 0 Å². The van der Waals surface area contributed by atoms with Crippen molar-refractivity contribution in [3.63, 3.8) is 0 Å². The Morgan fingerprint density at radius 2 is 1.94 bits per heavy atom. The third-order valence-corrected chi connectivity index (χ3v) is 2.48. The minimum Gasteiger partial charge on any atom is -0.481 e. The molecule has 0 radical (unpaired) electrons. The van der Waals surface area contributed by atoms with Crippen molar-refractivity contribution in [2.24, 2.45) is 0 Å². The van der Waals surface area contributed by atoms with Crippen LogP contribution < -0.4 is 4.74 Å². The predicted octanol–water partition coefficient (Wildman–Crippen LogP) is 3.11. The molecule has 0 aliphatic heterocycles. The lowest BCUT2D eigenvalue weighted by Gasteiger charge is -2.06. The number of hydrogen-bond donors (Lipinski definition) is 0. The lowest BCUT2D eigenvalue weighted by Crippen LogP contribution is -1.96. The van der Waals surface area contributed by atoms with E-state index in [9.17, 15) is 0 Å². The molecule has 4 heteroatoms. The predicted molar refractivity (Wildman–Crippen MR) is 63.8 cm³/mol. The van der Waals surface area contributed by atoms with Gasteiger partial charge in [0.2, 0.25) is 5.88 Å². The lowest BCUT2D eigenvalue weighted by molar-refractivity contribution is 0.397. The minimum atomic E-state index is 0.544. The molecule has 0 bridgehead atoms. The molecule has 16 heavy (non-hydrogen) atoms. The molecule has 1 aromatic heterocycles. The van der Waals surface area contributed by atoms with Crippen LogP contribution in [0.2, 0.25) is 5.02 Å². The monoisotopic (exact) mass is 234 g/mol. The molecule has 1 aromatic carbocycles. The Morgan fingerprint density at radius 1 is 1.19 bits per heavy atom. The van der Waals surface area contributed by atoms with Gasteiger partial charge in [-0.05, 0) is 19.1 Å². The molecule has 0 saturated carbocycles. The Morgan fingerprint density at radius 3 is 2.62 bits per heavy atom. The van der Waals surface area contributed by atoms with Crippen LogP contribution in [0, 0.1) is 6.92 Å². The van der Waals surface area contributed by atoms with Crippen LogP contribution in [-0.4, -0.2) is 17.1 Å². The molecular formula is C12H11ClN2O. The van der Waals surface area contributed by atoms with Crippen molar-refractivity contribution in [1.29, 1.82) is 0 Å². The molecule has 0 aliphatic carbocycles. The van der Waals surface area contributed by atoms with Crippen molar-refractivity contribution < 1.29 is 4.74 Å². The fourth-order valence-corrected chi connectivity index (χ4v) is 1.63. The highest BCUT2D eigenvalue weighted by atomic mass is 35.5. The van der Waals surface area contributed by atoms with E-state index in [-0.39, 0.29) is 0 Å². The normalized spacial score (nSPS) is 10.2. The number of rotatable bonds is 2. The van der Waals surface area contributed by atoms with Crippen molar-refractivity contribution >= 4 is 11.6 Å². The summed E-state index contributed by atoms with van der Waals surface area (Å²) in [6.45, 7) is 1.89. The molecule has 0 fully saturated rings. The van der Waals surface area contributed by atoms with Gasteiger partial charge in [-0.3, -0.25) is 0 Å². The maximum Gasteiger partial charge on any atom is 0.216 e. The van der Waals surface area contributed by atoms with Crippen molar-refractivity contribution in [2.75, 3.05) is 7.11 Å². The Hall–Kier alpha value is -1.61. The molecule has 2 rings (SSSR count).